The second kappa shape index (κ2) is 6.72. The van der Waals surface area contributed by atoms with Gasteiger partial charge in [0.1, 0.15) is 14.6 Å². The van der Waals surface area contributed by atoms with Crippen LogP contribution in [0.1, 0.15) is 37.5 Å². The van der Waals surface area contributed by atoms with Gasteiger partial charge in [0, 0.05) is 6.61 Å². The first kappa shape index (κ1) is 13.3. The van der Waals surface area contributed by atoms with Crippen LogP contribution in [0.25, 0.3) is 0 Å². The van der Waals surface area contributed by atoms with Crippen molar-refractivity contribution in [3.05, 3.63) is 29.3 Å². The lowest BCUT2D eigenvalue weighted by Gasteiger charge is -2.19. The molecule has 2 nitrogen and oxygen atoms in total. The summed E-state index contributed by atoms with van der Waals surface area (Å²) in [6, 6.07) is 6.06. The van der Waals surface area contributed by atoms with Crippen LogP contribution < -0.4 is 5.46 Å². The molecule has 1 rings (SSSR count). The van der Waals surface area contributed by atoms with Crippen LogP contribution in [0.2, 0.25) is 0 Å². The van der Waals surface area contributed by atoms with Gasteiger partial charge >= 0.3 is 0 Å². The van der Waals surface area contributed by atoms with Gasteiger partial charge < -0.3 is 9.47 Å². The fraction of sp³-hybridized carbons (Fsp3) is 0.538. The molecule has 0 spiro atoms. The molecule has 0 aliphatic carbocycles. The predicted octanol–water partition coefficient (Wildman–Crippen LogP) is 2.25. The normalized spacial score (nSPS) is 12.7. The van der Waals surface area contributed by atoms with Gasteiger partial charge in [-0.1, -0.05) is 36.1 Å². The van der Waals surface area contributed by atoms with E-state index in [2.05, 4.69) is 13.0 Å². The maximum absolute atomic E-state index is 5.98. The van der Waals surface area contributed by atoms with Crippen molar-refractivity contribution in [2.75, 3.05) is 13.4 Å². The van der Waals surface area contributed by atoms with Crippen molar-refractivity contribution in [2.24, 2.45) is 0 Å². The lowest BCUT2D eigenvalue weighted by atomic mass is 9.86. The molecule has 0 amide bonds. The molecule has 16 heavy (non-hydrogen) atoms. The first-order valence-electron chi connectivity index (χ1n) is 5.74. The van der Waals surface area contributed by atoms with Crippen LogP contribution >= 0.6 is 0 Å². The third-order valence-corrected chi connectivity index (χ3v) is 2.52. The fourth-order valence-electron chi connectivity index (χ4n) is 1.63. The maximum Gasteiger partial charge on any atom is 0.147 e. The van der Waals surface area contributed by atoms with Gasteiger partial charge in [-0.15, -0.1) is 0 Å². The molecule has 0 heterocycles. The summed E-state index contributed by atoms with van der Waals surface area (Å²) in [4.78, 5) is 0. The van der Waals surface area contributed by atoms with E-state index in [-0.39, 0.29) is 6.10 Å². The number of hydrogen-bond acceptors (Lipinski definition) is 2. The van der Waals surface area contributed by atoms with Gasteiger partial charge in [0.2, 0.25) is 0 Å². The second-order valence-corrected chi connectivity index (χ2v) is 3.81. The molecule has 2 radical (unpaired) electrons. The van der Waals surface area contributed by atoms with Crippen molar-refractivity contribution in [1.29, 1.82) is 0 Å². The molecule has 0 unspecified atom stereocenters. The molecular formula is C13H19BO2. The molecule has 0 saturated carbocycles. The van der Waals surface area contributed by atoms with Gasteiger partial charge in [0.15, 0.2) is 0 Å². The molecule has 0 aromatic heterocycles. The number of aryl methyl sites for hydroxylation is 1. The zero-order valence-electron chi connectivity index (χ0n) is 10.3. The smallest absolute Gasteiger partial charge is 0.147 e. The molecule has 0 saturated heterocycles. The van der Waals surface area contributed by atoms with E-state index in [9.17, 15) is 0 Å². The van der Waals surface area contributed by atoms with Gasteiger partial charge in [-0.05, 0) is 25.8 Å². The Bertz CT molecular complexity index is 326. The molecule has 0 bridgehead atoms. The molecule has 1 aromatic carbocycles. The zero-order valence-corrected chi connectivity index (χ0v) is 10.3. The Labute approximate surface area is 99.4 Å². The topological polar surface area (TPSA) is 18.5 Å². The van der Waals surface area contributed by atoms with E-state index in [1.807, 2.05) is 26.0 Å². The van der Waals surface area contributed by atoms with E-state index < -0.39 is 0 Å². The van der Waals surface area contributed by atoms with Crippen LogP contribution in [0.3, 0.4) is 0 Å². The molecule has 0 N–H and O–H groups in total. The number of benzene rings is 1. The summed E-state index contributed by atoms with van der Waals surface area (Å²) in [6.07, 6.45) is 0.910. The Balaban J connectivity index is 2.70. The number of ether oxygens (including phenoxy) is 2. The van der Waals surface area contributed by atoms with Crippen molar-refractivity contribution in [3.63, 3.8) is 0 Å². The molecule has 1 atom stereocenters. The van der Waals surface area contributed by atoms with Crippen LogP contribution in [0.15, 0.2) is 18.2 Å². The predicted molar refractivity (Wildman–Crippen MR) is 67.2 cm³/mol. The Hall–Kier alpha value is -0.795. The highest BCUT2D eigenvalue weighted by molar-refractivity contribution is 6.33. The van der Waals surface area contributed by atoms with Crippen molar-refractivity contribution in [2.45, 2.75) is 33.3 Å². The van der Waals surface area contributed by atoms with Gasteiger partial charge in [-0.25, -0.2) is 0 Å². The summed E-state index contributed by atoms with van der Waals surface area (Å²) in [6.45, 7) is 7.05. The van der Waals surface area contributed by atoms with E-state index >= 15 is 0 Å². The zero-order chi connectivity index (χ0) is 12.0. The van der Waals surface area contributed by atoms with E-state index in [4.69, 9.17) is 17.3 Å². The summed E-state index contributed by atoms with van der Waals surface area (Å²) in [5.41, 5.74) is 3.01. The third kappa shape index (κ3) is 3.65. The van der Waals surface area contributed by atoms with E-state index in [0.717, 1.165) is 17.4 Å². The molecule has 1 aromatic rings. The van der Waals surface area contributed by atoms with Gasteiger partial charge in [-0.2, -0.15) is 0 Å². The highest BCUT2D eigenvalue weighted by Crippen LogP contribution is 2.19. The molecule has 86 valence electrons. The first-order chi connectivity index (χ1) is 7.69. The largest absolute Gasteiger partial charge is 0.356 e. The lowest BCUT2D eigenvalue weighted by molar-refractivity contribution is -0.0883. The average molecular weight is 218 g/mol. The fourth-order valence-corrected chi connectivity index (χ4v) is 1.63. The molecular weight excluding hydrogens is 199 g/mol. The summed E-state index contributed by atoms with van der Waals surface area (Å²) in [5, 5.41) is 0. The van der Waals surface area contributed by atoms with Crippen molar-refractivity contribution in [1.82, 2.24) is 0 Å². The molecule has 3 heteroatoms. The number of rotatable bonds is 6. The summed E-state index contributed by atoms with van der Waals surface area (Å²) in [7, 11) is 5.98. The lowest BCUT2D eigenvalue weighted by Crippen LogP contribution is -2.17. The van der Waals surface area contributed by atoms with E-state index in [0.29, 0.717) is 13.4 Å². The Morgan fingerprint density at radius 3 is 2.62 bits per heavy atom. The summed E-state index contributed by atoms with van der Waals surface area (Å²) in [5.74, 6) is 0. The van der Waals surface area contributed by atoms with Crippen LogP contribution in [-0.2, 0) is 9.47 Å². The first-order valence-corrected chi connectivity index (χ1v) is 5.74. The highest BCUT2D eigenvalue weighted by Gasteiger charge is 2.11. The van der Waals surface area contributed by atoms with Crippen molar-refractivity contribution in [3.8, 4) is 0 Å². The molecule has 0 fully saturated rings. The highest BCUT2D eigenvalue weighted by atomic mass is 16.7. The second-order valence-electron chi connectivity index (χ2n) is 3.81. The van der Waals surface area contributed by atoms with Gasteiger partial charge in [0.05, 0.1) is 6.10 Å². The Morgan fingerprint density at radius 1 is 1.31 bits per heavy atom. The van der Waals surface area contributed by atoms with Crippen LogP contribution in [0.5, 0.6) is 0 Å². The minimum absolute atomic E-state index is 0.0205. The minimum Gasteiger partial charge on any atom is -0.356 e. The molecule has 0 aliphatic heterocycles. The standard InChI is InChI=1S/C13H19BO2/c1-4-13(16-9-15-5-2)11-7-6-10(3)8-12(11)14/h6-8,13H,4-5,9H2,1-3H3/t13-/m1/s1. The summed E-state index contributed by atoms with van der Waals surface area (Å²) < 4.78 is 10.8. The minimum atomic E-state index is 0.0205. The van der Waals surface area contributed by atoms with E-state index in [1.165, 1.54) is 5.56 Å². The molecule has 0 aliphatic rings. The Kier molecular flexibility index (Phi) is 5.57. The van der Waals surface area contributed by atoms with Crippen molar-refractivity contribution >= 4 is 13.3 Å². The Morgan fingerprint density at radius 2 is 2.06 bits per heavy atom. The maximum atomic E-state index is 5.98. The SMILES string of the molecule is [B]c1cc(C)ccc1[C@@H](CC)OCOCC. The third-order valence-electron chi connectivity index (χ3n) is 2.52. The van der Waals surface area contributed by atoms with Crippen LogP contribution in [-0.4, -0.2) is 21.2 Å². The monoisotopic (exact) mass is 218 g/mol. The summed E-state index contributed by atoms with van der Waals surface area (Å²) >= 11 is 0. The number of hydrogen-bond donors (Lipinski definition) is 0. The van der Waals surface area contributed by atoms with Crippen molar-refractivity contribution < 1.29 is 9.47 Å². The van der Waals surface area contributed by atoms with Crippen LogP contribution in [0.4, 0.5) is 0 Å². The quantitative estimate of drug-likeness (QED) is 0.414. The van der Waals surface area contributed by atoms with E-state index in [1.54, 1.807) is 0 Å². The van der Waals surface area contributed by atoms with Gasteiger partial charge in [-0.3, -0.25) is 0 Å². The van der Waals surface area contributed by atoms with Gasteiger partial charge in [0.25, 0.3) is 0 Å². The van der Waals surface area contributed by atoms with Crippen LogP contribution in [0, 0.1) is 6.92 Å². The average Bonchev–Trinajstić information content (AvgIpc) is 2.26.